The minimum atomic E-state index is 0. The van der Waals surface area contributed by atoms with Gasteiger partial charge in [-0.05, 0) is 19.3 Å². The molecule has 0 heterocycles. The van der Waals surface area contributed by atoms with Crippen LogP contribution in [-0.4, -0.2) is 30.8 Å². The summed E-state index contributed by atoms with van der Waals surface area (Å²) in [5.41, 5.74) is 0. The minimum absolute atomic E-state index is 0. The number of quaternary nitrogens is 1. The van der Waals surface area contributed by atoms with Gasteiger partial charge in [0.25, 0.3) is 0 Å². The summed E-state index contributed by atoms with van der Waals surface area (Å²) in [7, 11) is 0. The van der Waals surface area contributed by atoms with Crippen molar-refractivity contribution >= 4 is 0 Å². The van der Waals surface area contributed by atoms with Crippen LogP contribution in [0.4, 0.5) is 0 Å². The molecule has 106 valence electrons. The van der Waals surface area contributed by atoms with Crippen LogP contribution in [0.3, 0.4) is 0 Å². The molecule has 0 aliphatic heterocycles. The van der Waals surface area contributed by atoms with E-state index in [0.29, 0.717) is 12.6 Å². The van der Waals surface area contributed by atoms with E-state index in [9.17, 15) is 0 Å². The molecule has 0 aliphatic rings. The van der Waals surface area contributed by atoms with Gasteiger partial charge in [-0.25, -0.2) is 0 Å². The van der Waals surface area contributed by atoms with Gasteiger partial charge in [-0.15, -0.1) is 0 Å². The molecule has 0 bridgehead atoms. The van der Waals surface area contributed by atoms with Crippen molar-refractivity contribution in [2.24, 2.45) is 0 Å². The SMILES string of the molecule is CCCC[NH+](CCCC)C(CCC)CCO.[Br-]. The zero-order chi connectivity index (χ0) is 12.2. The van der Waals surface area contributed by atoms with Crippen LogP contribution in [0.15, 0.2) is 0 Å². The molecular weight excluding hydrogens is 278 g/mol. The van der Waals surface area contributed by atoms with E-state index in [4.69, 9.17) is 5.11 Å². The van der Waals surface area contributed by atoms with E-state index in [2.05, 4.69) is 20.8 Å². The molecule has 0 fully saturated rings. The lowest BCUT2D eigenvalue weighted by Gasteiger charge is -2.28. The average molecular weight is 310 g/mol. The van der Waals surface area contributed by atoms with Crippen molar-refractivity contribution in [1.82, 2.24) is 0 Å². The Morgan fingerprint density at radius 3 is 1.76 bits per heavy atom. The summed E-state index contributed by atoms with van der Waals surface area (Å²) in [5, 5.41) is 9.15. The summed E-state index contributed by atoms with van der Waals surface area (Å²) < 4.78 is 0. The lowest BCUT2D eigenvalue weighted by molar-refractivity contribution is -0.926. The molecule has 1 atom stereocenters. The molecule has 0 saturated heterocycles. The maximum absolute atomic E-state index is 9.15. The fourth-order valence-corrected chi connectivity index (χ4v) is 2.40. The Hall–Kier alpha value is 0.400. The van der Waals surface area contributed by atoms with Crippen LogP contribution in [-0.2, 0) is 0 Å². The summed E-state index contributed by atoms with van der Waals surface area (Å²) >= 11 is 0. The summed E-state index contributed by atoms with van der Waals surface area (Å²) in [6.07, 6.45) is 8.71. The van der Waals surface area contributed by atoms with Gasteiger partial charge in [0.1, 0.15) is 0 Å². The quantitative estimate of drug-likeness (QED) is 0.504. The van der Waals surface area contributed by atoms with E-state index in [1.165, 1.54) is 51.6 Å². The zero-order valence-electron chi connectivity index (χ0n) is 12.0. The van der Waals surface area contributed by atoms with Crippen LogP contribution in [0.5, 0.6) is 0 Å². The predicted molar refractivity (Wildman–Crippen MR) is 70.9 cm³/mol. The Bertz CT molecular complexity index is 130. The topological polar surface area (TPSA) is 24.7 Å². The average Bonchev–Trinajstić information content (AvgIpc) is 2.29. The fraction of sp³-hybridized carbons (Fsp3) is 1.00. The number of aliphatic hydroxyl groups excluding tert-OH is 1. The summed E-state index contributed by atoms with van der Waals surface area (Å²) in [5.74, 6) is 0. The fourth-order valence-electron chi connectivity index (χ4n) is 2.40. The third kappa shape index (κ3) is 10.0. The van der Waals surface area contributed by atoms with Gasteiger partial charge >= 0.3 is 0 Å². The second-order valence-electron chi connectivity index (χ2n) is 4.86. The van der Waals surface area contributed by atoms with E-state index >= 15 is 0 Å². The second-order valence-corrected chi connectivity index (χ2v) is 4.86. The molecule has 0 radical (unpaired) electrons. The van der Waals surface area contributed by atoms with E-state index in [1.807, 2.05) is 0 Å². The Labute approximate surface area is 119 Å². The normalized spacial score (nSPS) is 12.5. The van der Waals surface area contributed by atoms with Crippen molar-refractivity contribution in [2.75, 3.05) is 19.7 Å². The Balaban J connectivity index is 0. The first-order valence-corrected chi connectivity index (χ1v) is 7.25. The zero-order valence-corrected chi connectivity index (χ0v) is 13.6. The number of hydrogen-bond acceptors (Lipinski definition) is 1. The highest BCUT2D eigenvalue weighted by Gasteiger charge is 2.19. The maximum Gasteiger partial charge on any atom is 0.0896 e. The highest BCUT2D eigenvalue weighted by atomic mass is 79.9. The lowest BCUT2D eigenvalue weighted by Crippen LogP contribution is -3.15. The molecule has 0 saturated carbocycles. The molecule has 1 unspecified atom stereocenters. The van der Waals surface area contributed by atoms with Crippen molar-refractivity contribution in [3.8, 4) is 0 Å². The highest BCUT2D eigenvalue weighted by Crippen LogP contribution is 1.98. The van der Waals surface area contributed by atoms with Gasteiger partial charge in [0.15, 0.2) is 0 Å². The van der Waals surface area contributed by atoms with Crippen molar-refractivity contribution in [3.05, 3.63) is 0 Å². The van der Waals surface area contributed by atoms with Gasteiger partial charge in [-0.3, -0.25) is 0 Å². The summed E-state index contributed by atoms with van der Waals surface area (Å²) in [4.78, 5) is 1.74. The Kier molecular flexibility index (Phi) is 16.8. The molecule has 0 aliphatic carbocycles. The van der Waals surface area contributed by atoms with Crippen LogP contribution in [0, 0.1) is 0 Å². The molecule has 0 aromatic rings. The first-order chi connectivity index (χ1) is 7.79. The Morgan fingerprint density at radius 2 is 1.41 bits per heavy atom. The minimum Gasteiger partial charge on any atom is -1.00 e. The van der Waals surface area contributed by atoms with Gasteiger partial charge in [0.05, 0.1) is 19.1 Å². The number of aliphatic hydroxyl groups is 1. The molecule has 17 heavy (non-hydrogen) atoms. The van der Waals surface area contributed by atoms with E-state index in [0.717, 1.165) is 6.42 Å². The number of halogens is 1. The first-order valence-electron chi connectivity index (χ1n) is 7.25. The lowest BCUT2D eigenvalue weighted by atomic mass is 10.1. The smallest absolute Gasteiger partial charge is 0.0896 e. The monoisotopic (exact) mass is 309 g/mol. The molecule has 2 N–H and O–H groups in total. The van der Waals surface area contributed by atoms with Crippen LogP contribution in [0.25, 0.3) is 0 Å². The molecule has 0 rings (SSSR count). The van der Waals surface area contributed by atoms with E-state index < -0.39 is 0 Å². The molecule has 2 nitrogen and oxygen atoms in total. The van der Waals surface area contributed by atoms with Crippen LogP contribution in [0.1, 0.15) is 65.7 Å². The van der Waals surface area contributed by atoms with Gasteiger partial charge in [0.2, 0.25) is 0 Å². The molecule has 0 aromatic carbocycles. The summed E-state index contributed by atoms with van der Waals surface area (Å²) in [6, 6.07) is 0.688. The number of unbranched alkanes of at least 4 members (excludes halogenated alkanes) is 2. The second kappa shape index (κ2) is 14.5. The molecular formula is C14H32BrNO. The maximum atomic E-state index is 9.15. The molecule has 0 amide bonds. The number of rotatable bonds is 11. The standard InChI is InChI=1S/C14H31NO.BrH/c1-4-7-11-15(12-8-5-2)14(9-6-3)10-13-16;/h14,16H,4-13H2,1-3H3;1H. The third-order valence-electron chi connectivity index (χ3n) is 3.39. The van der Waals surface area contributed by atoms with Crippen LogP contribution < -0.4 is 21.9 Å². The molecule has 0 aromatic heterocycles. The third-order valence-corrected chi connectivity index (χ3v) is 3.39. The van der Waals surface area contributed by atoms with Gasteiger partial charge in [-0.1, -0.05) is 40.0 Å². The van der Waals surface area contributed by atoms with Crippen molar-refractivity contribution in [3.63, 3.8) is 0 Å². The van der Waals surface area contributed by atoms with Gasteiger partial charge in [0, 0.05) is 13.0 Å². The van der Waals surface area contributed by atoms with Crippen molar-refractivity contribution in [2.45, 2.75) is 71.8 Å². The van der Waals surface area contributed by atoms with Gasteiger partial charge in [-0.2, -0.15) is 0 Å². The largest absolute Gasteiger partial charge is 1.00 e. The van der Waals surface area contributed by atoms with Crippen molar-refractivity contribution in [1.29, 1.82) is 0 Å². The van der Waals surface area contributed by atoms with Gasteiger partial charge < -0.3 is 27.0 Å². The number of nitrogens with one attached hydrogen (secondary N) is 1. The van der Waals surface area contributed by atoms with Crippen molar-refractivity contribution < 1.29 is 27.0 Å². The van der Waals surface area contributed by atoms with Crippen LogP contribution >= 0.6 is 0 Å². The van der Waals surface area contributed by atoms with E-state index in [-0.39, 0.29) is 17.0 Å². The molecule has 0 spiro atoms. The number of hydrogen-bond donors (Lipinski definition) is 2. The Morgan fingerprint density at radius 1 is 0.882 bits per heavy atom. The van der Waals surface area contributed by atoms with E-state index in [1.54, 1.807) is 4.90 Å². The predicted octanol–water partition coefficient (Wildman–Crippen LogP) is -0.973. The highest BCUT2D eigenvalue weighted by molar-refractivity contribution is 4.55. The first kappa shape index (κ1) is 19.7. The summed E-state index contributed by atoms with van der Waals surface area (Å²) in [6.45, 7) is 9.72. The van der Waals surface area contributed by atoms with Crippen LogP contribution in [0.2, 0.25) is 0 Å². The molecule has 3 heteroatoms.